The van der Waals surface area contributed by atoms with E-state index < -0.39 is 0 Å². The van der Waals surface area contributed by atoms with E-state index in [-0.39, 0.29) is 0 Å². The largest absolute Gasteiger partial charge is 0.377 e. The first-order valence-corrected chi connectivity index (χ1v) is 8.97. The van der Waals surface area contributed by atoms with Crippen LogP contribution in [0.25, 0.3) is 0 Å². The molecule has 0 fully saturated rings. The Labute approximate surface area is 148 Å². The van der Waals surface area contributed by atoms with Crippen LogP contribution in [0.15, 0.2) is 29.3 Å². The summed E-state index contributed by atoms with van der Waals surface area (Å²) in [7, 11) is 1.78. The minimum atomic E-state index is 0.668. The molecule has 0 aliphatic heterocycles. The van der Waals surface area contributed by atoms with Crippen molar-refractivity contribution in [3.63, 3.8) is 0 Å². The fourth-order valence-electron chi connectivity index (χ4n) is 2.28. The molecule has 2 rings (SSSR count). The van der Waals surface area contributed by atoms with E-state index in [9.17, 15) is 0 Å². The summed E-state index contributed by atoms with van der Waals surface area (Å²) in [6, 6.07) is 8.44. The van der Waals surface area contributed by atoms with Gasteiger partial charge in [-0.3, -0.25) is 4.99 Å². The third-order valence-electron chi connectivity index (χ3n) is 3.60. The van der Waals surface area contributed by atoms with E-state index in [4.69, 9.17) is 4.74 Å². The van der Waals surface area contributed by atoms with E-state index in [0.717, 1.165) is 36.4 Å². The molecule has 1 aromatic heterocycles. The third kappa shape index (κ3) is 5.62. The fourth-order valence-corrected chi connectivity index (χ4v) is 3.16. The predicted molar refractivity (Wildman–Crippen MR) is 100 cm³/mol. The smallest absolute Gasteiger partial charge is 0.191 e. The molecule has 1 aromatic carbocycles. The van der Waals surface area contributed by atoms with E-state index in [1.165, 1.54) is 16.0 Å². The monoisotopic (exact) mass is 346 g/mol. The minimum Gasteiger partial charge on any atom is -0.377 e. The van der Waals surface area contributed by atoms with Gasteiger partial charge >= 0.3 is 0 Å². The van der Waals surface area contributed by atoms with Crippen molar-refractivity contribution in [2.24, 2.45) is 4.99 Å². The van der Waals surface area contributed by atoms with Crippen molar-refractivity contribution in [1.82, 2.24) is 15.6 Å². The molecule has 6 heteroatoms. The summed E-state index contributed by atoms with van der Waals surface area (Å²) in [5.74, 6) is 0.791. The molecule has 24 heavy (non-hydrogen) atoms. The standard InChI is InChI=1S/C18H26N4OS/c1-5-23-12-16-8-6-15(7-9-16)10-20-18(19-4)21-11-17-13(2)22-14(3)24-17/h6-9H,5,10-12H2,1-4H3,(H2,19,20,21). The summed E-state index contributed by atoms with van der Waals surface area (Å²) >= 11 is 1.72. The number of hydrogen-bond donors (Lipinski definition) is 2. The number of ether oxygens (including phenoxy) is 1. The summed E-state index contributed by atoms with van der Waals surface area (Å²) in [6.45, 7) is 8.96. The van der Waals surface area contributed by atoms with Gasteiger partial charge in [0.2, 0.25) is 0 Å². The van der Waals surface area contributed by atoms with Crippen molar-refractivity contribution < 1.29 is 4.74 Å². The van der Waals surface area contributed by atoms with Gasteiger partial charge in [-0.05, 0) is 31.9 Å². The quantitative estimate of drug-likeness (QED) is 0.597. The van der Waals surface area contributed by atoms with E-state index in [1.54, 1.807) is 18.4 Å². The van der Waals surface area contributed by atoms with E-state index in [1.807, 2.05) is 20.8 Å². The van der Waals surface area contributed by atoms with Gasteiger partial charge in [-0.25, -0.2) is 4.98 Å². The molecule has 0 amide bonds. The van der Waals surface area contributed by atoms with Crippen molar-refractivity contribution in [3.05, 3.63) is 51.0 Å². The normalized spacial score (nSPS) is 11.6. The molecule has 0 atom stereocenters. The van der Waals surface area contributed by atoms with Crippen LogP contribution in [0, 0.1) is 13.8 Å². The zero-order valence-electron chi connectivity index (χ0n) is 14.8. The summed E-state index contributed by atoms with van der Waals surface area (Å²) in [5.41, 5.74) is 3.49. The number of aliphatic imine (C=N–C) groups is 1. The van der Waals surface area contributed by atoms with Crippen molar-refractivity contribution >= 4 is 17.3 Å². The molecule has 0 aliphatic rings. The number of benzene rings is 1. The number of rotatable bonds is 7. The molecular weight excluding hydrogens is 320 g/mol. The van der Waals surface area contributed by atoms with E-state index in [0.29, 0.717) is 6.61 Å². The highest BCUT2D eigenvalue weighted by Crippen LogP contribution is 2.16. The maximum atomic E-state index is 5.41. The first kappa shape index (κ1) is 18.4. The summed E-state index contributed by atoms with van der Waals surface area (Å²) in [6.07, 6.45) is 0. The van der Waals surface area contributed by atoms with Gasteiger partial charge < -0.3 is 15.4 Å². The number of nitrogens with zero attached hydrogens (tertiary/aromatic N) is 2. The van der Waals surface area contributed by atoms with E-state index >= 15 is 0 Å². The van der Waals surface area contributed by atoms with Crippen molar-refractivity contribution in [2.75, 3.05) is 13.7 Å². The van der Waals surface area contributed by atoms with Crippen molar-refractivity contribution in [1.29, 1.82) is 0 Å². The molecule has 2 aromatic rings. The Bertz CT molecular complexity index is 664. The zero-order valence-corrected chi connectivity index (χ0v) is 15.7. The third-order valence-corrected chi connectivity index (χ3v) is 4.67. The number of thiazole rings is 1. The van der Waals surface area contributed by atoms with Gasteiger partial charge in [0.05, 0.1) is 23.9 Å². The topological polar surface area (TPSA) is 58.5 Å². The summed E-state index contributed by atoms with van der Waals surface area (Å²) in [5, 5.41) is 7.77. The first-order valence-electron chi connectivity index (χ1n) is 8.15. The Kier molecular flexibility index (Phi) is 7.21. The molecule has 130 valence electrons. The summed E-state index contributed by atoms with van der Waals surface area (Å²) < 4.78 is 5.41. The SMILES string of the molecule is CCOCc1ccc(CNC(=NC)NCc2sc(C)nc2C)cc1. The highest BCUT2D eigenvalue weighted by Gasteiger charge is 2.06. The summed E-state index contributed by atoms with van der Waals surface area (Å²) in [4.78, 5) is 9.96. The van der Waals surface area contributed by atoms with Crippen LogP contribution in [0.2, 0.25) is 0 Å². The zero-order chi connectivity index (χ0) is 17.4. The van der Waals surface area contributed by atoms with Crippen LogP contribution >= 0.6 is 11.3 Å². The Hall–Kier alpha value is -1.92. The Morgan fingerprint density at radius 1 is 1.12 bits per heavy atom. The van der Waals surface area contributed by atoms with Gasteiger partial charge in [-0.15, -0.1) is 11.3 Å². The Balaban J connectivity index is 1.81. The second kappa shape index (κ2) is 9.39. The molecule has 1 heterocycles. The lowest BCUT2D eigenvalue weighted by Crippen LogP contribution is -2.36. The molecular formula is C18H26N4OS. The lowest BCUT2D eigenvalue weighted by atomic mass is 10.1. The average molecular weight is 347 g/mol. The Morgan fingerprint density at radius 2 is 1.79 bits per heavy atom. The predicted octanol–water partition coefficient (Wildman–Crippen LogP) is 3.16. The lowest BCUT2D eigenvalue weighted by Gasteiger charge is -2.12. The highest BCUT2D eigenvalue weighted by molar-refractivity contribution is 7.11. The molecule has 0 radical (unpaired) electrons. The number of nitrogens with one attached hydrogen (secondary N) is 2. The molecule has 0 aliphatic carbocycles. The second-order valence-corrected chi connectivity index (χ2v) is 6.76. The van der Waals surface area contributed by atoms with Gasteiger partial charge in [0, 0.05) is 25.1 Å². The van der Waals surface area contributed by atoms with Crippen LogP contribution in [0.3, 0.4) is 0 Å². The number of guanidine groups is 1. The molecule has 0 unspecified atom stereocenters. The van der Waals surface area contributed by atoms with Crippen molar-refractivity contribution in [2.45, 2.75) is 40.5 Å². The minimum absolute atomic E-state index is 0.668. The van der Waals surface area contributed by atoms with Crippen LogP contribution < -0.4 is 10.6 Å². The van der Waals surface area contributed by atoms with Gasteiger partial charge in [-0.1, -0.05) is 24.3 Å². The maximum Gasteiger partial charge on any atom is 0.191 e. The van der Waals surface area contributed by atoms with Gasteiger partial charge in [-0.2, -0.15) is 0 Å². The first-order chi connectivity index (χ1) is 11.6. The molecule has 0 spiro atoms. The second-order valence-electron chi connectivity index (χ2n) is 5.47. The van der Waals surface area contributed by atoms with Crippen LogP contribution in [0.1, 0.15) is 33.6 Å². The Morgan fingerprint density at radius 3 is 2.38 bits per heavy atom. The molecule has 0 bridgehead atoms. The van der Waals surface area contributed by atoms with Gasteiger partial charge in [0.25, 0.3) is 0 Å². The van der Waals surface area contributed by atoms with Crippen LogP contribution in [-0.2, 0) is 24.4 Å². The van der Waals surface area contributed by atoms with Crippen LogP contribution in [0.4, 0.5) is 0 Å². The van der Waals surface area contributed by atoms with E-state index in [2.05, 4.69) is 44.9 Å². The number of aryl methyl sites for hydroxylation is 2. The van der Waals surface area contributed by atoms with Gasteiger partial charge in [0.1, 0.15) is 0 Å². The molecule has 5 nitrogen and oxygen atoms in total. The average Bonchev–Trinajstić information content (AvgIpc) is 2.91. The van der Waals surface area contributed by atoms with Crippen LogP contribution in [-0.4, -0.2) is 24.6 Å². The fraction of sp³-hybridized carbons (Fsp3) is 0.444. The molecule has 0 saturated carbocycles. The van der Waals surface area contributed by atoms with Gasteiger partial charge in [0.15, 0.2) is 5.96 Å². The molecule has 0 saturated heterocycles. The maximum absolute atomic E-state index is 5.41. The lowest BCUT2D eigenvalue weighted by molar-refractivity contribution is 0.134. The number of hydrogen-bond acceptors (Lipinski definition) is 4. The number of aromatic nitrogens is 1. The highest BCUT2D eigenvalue weighted by atomic mass is 32.1. The van der Waals surface area contributed by atoms with Crippen molar-refractivity contribution in [3.8, 4) is 0 Å². The van der Waals surface area contributed by atoms with Crippen LogP contribution in [0.5, 0.6) is 0 Å². The molecule has 2 N–H and O–H groups in total.